The van der Waals surface area contributed by atoms with Crippen molar-refractivity contribution in [2.45, 2.75) is 59.4 Å². The molecule has 2 saturated heterocycles. The monoisotopic (exact) mass is 620 g/mol. The van der Waals surface area contributed by atoms with Crippen LogP contribution in [0.15, 0.2) is 48.5 Å². The lowest BCUT2D eigenvalue weighted by Gasteiger charge is -2.62. The van der Waals surface area contributed by atoms with Gasteiger partial charge in [0.2, 0.25) is 3.79 Å². The molecule has 3 atom stereocenters. The number of ether oxygens (including phenoxy) is 3. The Morgan fingerprint density at radius 1 is 1.00 bits per heavy atom. The minimum absolute atomic E-state index is 0.0254. The summed E-state index contributed by atoms with van der Waals surface area (Å²) in [5.74, 6) is 1.11. The number of carbonyl (C=O) groups excluding carboxylic acids is 2. The number of alkyl halides is 3. The van der Waals surface area contributed by atoms with E-state index >= 15 is 0 Å². The highest BCUT2D eigenvalue weighted by Gasteiger charge is 2.66. The van der Waals surface area contributed by atoms with Crippen LogP contribution in [0.4, 0.5) is 4.79 Å². The molecule has 2 aromatic carbocycles. The number of amides is 1. The van der Waals surface area contributed by atoms with Crippen molar-refractivity contribution in [3.63, 3.8) is 0 Å². The zero-order chi connectivity index (χ0) is 28.8. The molecule has 2 aliphatic heterocycles. The number of esters is 1. The lowest BCUT2D eigenvalue weighted by atomic mass is 9.52. The molecule has 2 heterocycles. The molecule has 3 fully saturated rings. The van der Waals surface area contributed by atoms with Crippen LogP contribution in [0.1, 0.15) is 53.6 Å². The number of hydrogen-bond acceptors (Lipinski definition) is 6. The predicted molar refractivity (Wildman–Crippen MR) is 158 cm³/mol. The molecule has 220 valence electrons. The molecule has 4 aliphatic rings. The van der Waals surface area contributed by atoms with Crippen molar-refractivity contribution < 1.29 is 23.8 Å². The van der Waals surface area contributed by atoms with E-state index in [4.69, 9.17) is 49.0 Å². The Kier molecular flexibility index (Phi) is 7.86. The number of hydrogen-bond donors (Lipinski definition) is 0. The highest BCUT2D eigenvalue weighted by molar-refractivity contribution is 6.67. The number of likely N-dealkylation sites (tertiary alicyclic amines) is 2. The van der Waals surface area contributed by atoms with E-state index < -0.39 is 20.9 Å². The first-order chi connectivity index (χ1) is 19.6. The van der Waals surface area contributed by atoms with E-state index in [0.717, 1.165) is 37.2 Å². The van der Waals surface area contributed by atoms with Gasteiger partial charge in [0, 0.05) is 31.5 Å². The first kappa shape index (κ1) is 28.9. The van der Waals surface area contributed by atoms with E-state index in [9.17, 15) is 9.59 Å². The maximum atomic E-state index is 13.9. The molecule has 2 aliphatic carbocycles. The van der Waals surface area contributed by atoms with Crippen LogP contribution < -0.4 is 4.74 Å². The molecule has 1 saturated carbocycles. The third-order valence-corrected chi connectivity index (χ3v) is 9.84. The molecule has 6 rings (SSSR count). The number of piperidine rings is 1. The summed E-state index contributed by atoms with van der Waals surface area (Å²) in [6.45, 7) is 2.33. The molecule has 2 aromatic rings. The SMILES string of the molecule is COc1ccc2c(c1)[C@@]13CCN(C(=O)OCC(Cl)(Cl)Cl)CC[C@@]1(OC(=O)c1ccccc1)[C@@H](C2)N(CC1CC1)CC3. The van der Waals surface area contributed by atoms with E-state index in [2.05, 4.69) is 17.0 Å². The van der Waals surface area contributed by atoms with Crippen LogP contribution in [0.2, 0.25) is 0 Å². The van der Waals surface area contributed by atoms with Gasteiger partial charge in [-0.05, 0) is 80.0 Å². The second kappa shape index (κ2) is 11.1. The molecule has 0 radical (unpaired) electrons. The molecule has 41 heavy (non-hydrogen) atoms. The quantitative estimate of drug-likeness (QED) is 0.284. The number of carbonyl (C=O) groups is 2. The van der Waals surface area contributed by atoms with Gasteiger partial charge in [-0.1, -0.05) is 59.1 Å². The molecule has 1 amide bonds. The van der Waals surface area contributed by atoms with Crippen molar-refractivity contribution in [2.75, 3.05) is 39.9 Å². The smallest absolute Gasteiger partial charge is 0.409 e. The molecular weight excluding hydrogens is 587 g/mol. The van der Waals surface area contributed by atoms with Crippen LogP contribution in [0.25, 0.3) is 0 Å². The van der Waals surface area contributed by atoms with Crippen LogP contribution in [0.5, 0.6) is 5.75 Å². The Bertz CT molecular complexity index is 1300. The van der Waals surface area contributed by atoms with Gasteiger partial charge in [-0.3, -0.25) is 4.90 Å². The summed E-state index contributed by atoms with van der Waals surface area (Å²) >= 11 is 17.6. The fraction of sp³-hybridized carbons (Fsp3) is 0.548. The van der Waals surface area contributed by atoms with Crippen molar-refractivity contribution >= 4 is 46.9 Å². The third-order valence-electron chi connectivity index (χ3n) is 9.51. The first-order valence-electron chi connectivity index (χ1n) is 14.3. The fourth-order valence-corrected chi connectivity index (χ4v) is 7.55. The zero-order valence-electron chi connectivity index (χ0n) is 23.1. The topological polar surface area (TPSA) is 68.3 Å². The normalized spacial score (nSPS) is 27.7. The van der Waals surface area contributed by atoms with Gasteiger partial charge >= 0.3 is 12.1 Å². The van der Waals surface area contributed by atoms with E-state index in [-0.39, 0.29) is 18.6 Å². The average molecular weight is 622 g/mol. The van der Waals surface area contributed by atoms with Gasteiger partial charge in [0.25, 0.3) is 0 Å². The molecule has 7 nitrogen and oxygen atoms in total. The third kappa shape index (κ3) is 5.51. The Morgan fingerprint density at radius 2 is 1.73 bits per heavy atom. The van der Waals surface area contributed by atoms with Crippen molar-refractivity contribution in [1.29, 1.82) is 0 Å². The highest BCUT2D eigenvalue weighted by Crippen LogP contribution is 2.58. The highest BCUT2D eigenvalue weighted by atomic mass is 35.6. The van der Waals surface area contributed by atoms with Crippen molar-refractivity contribution in [3.8, 4) is 5.75 Å². The molecule has 2 bridgehead atoms. The second-order valence-corrected chi connectivity index (χ2v) is 14.3. The van der Waals surface area contributed by atoms with Crippen molar-refractivity contribution in [3.05, 3.63) is 65.2 Å². The largest absolute Gasteiger partial charge is 0.497 e. The maximum absolute atomic E-state index is 13.9. The van der Waals surface area contributed by atoms with Crippen molar-refractivity contribution in [1.82, 2.24) is 9.80 Å². The Balaban J connectivity index is 1.44. The lowest BCUT2D eigenvalue weighted by Crippen LogP contribution is -2.73. The number of halogens is 3. The standard InChI is InChI=1S/C31H35Cl3N2O5/c1-39-24-10-9-23-17-26-30(41-27(37)22-5-3-2-4-6-22)13-16-35(28(38)40-20-31(32,33)34)14-11-29(30,25(23)18-24)12-15-36(26)19-21-7-8-21/h2-6,9-10,18,21,26H,7-8,11-17,19-20H2,1H3/t26-,29+,30-/m1/s1. The first-order valence-corrected chi connectivity index (χ1v) is 15.5. The zero-order valence-corrected chi connectivity index (χ0v) is 25.4. The van der Waals surface area contributed by atoms with Gasteiger partial charge in [0.15, 0.2) is 0 Å². The van der Waals surface area contributed by atoms with Crippen LogP contribution in [0, 0.1) is 5.92 Å². The second-order valence-electron chi connectivity index (χ2n) is 11.8. The number of methoxy groups -OCH3 is 1. The average Bonchev–Trinajstić information content (AvgIpc) is 3.79. The lowest BCUT2D eigenvalue weighted by molar-refractivity contribution is -0.154. The molecule has 0 aromatic heterocycles. The van der Waals surface area contributed by atoms with E-state index in [1.54, 1.807) is 24.1 Å². The molecule has 0 spiro atoms. The van der Waals surface area contributed by atoms with Gasteiger partial charge in [-0.15, -0.1) is 0 Å². The Morgan fingerprint density at radius 3 is 2.44 bits per heavy atom. The summed E-state index contributed by atoms with van der Waals surface area (Å²) in [6, 6.07) is 15.4. The van der Waals surface area contributed by atoms with E-state index in [1.807, 2.05) is 24.3 Å². The van der Waals surface area contributed by atoms with E-state index in [0.29, 0.717) is 37.4 Å². The summed E-state index contributed by atoms with van der Waals surface area (Å²) in [6.07, 6.45) is 4.57. The predicted octanol–water partition coefficient (Wildman–Crippen LogP) is 6.17. The molecule has 0 unspecified atom stereocenters. The van der Waals surface area contributed by atoms with Crippen molar-refractivity contribution in [2.24, 2.45) is 5.92 Å². The number of fused-ring (bicyclic) bond motifs is 1. The van der Waals surface area contributed by atoms with E-state index in [1.165, 1.54) is 18.4 Å². The summed E-state index contributed by atoms with van der Waals surface area (Å²) in [5.41, 5.74) is 1.53. The minimum Gasteiger partial charge on any atom is -0.497 e. The maximum Gasteiger partial charge on any atom is 0.409 e. The van der Waals surface area contributed by atoms with Gasteiger partial charge in [-0.25, -0.2) is 9.59 Å². The molecule has 10 heteroatoms. The minimum atomic E-state index is -1.70. The summed E-state index contributed by atoms with van der Waals surface area (Å²) in [4.78, 5) is 31.3. The molecular formula is C31H35Cl3N2O5. The van der Waals surface area contributed by atoms with Crippen LogP contribution >= 0.6 is 34.8 Å². The van der Waals surface area contributed by atoms with Crippen LogP contribution in [0.3, 0.4) is 0 Å². The molecule has 0 N–H and O–H groups in total. The summed E-state index contributed by atoms with van der Waals surface area (Å²) in [7, 11) is 1.67. The van der Waals surface area contributed by atoms with Gasteiger partial charge in [0.05, 0.1) is 18.7 Å². The van der Waals surface area contributed by atoms with Gasteiger partial charge < -0.3 is 19.1 Å². The van der Waals surface area contributed by atoms with Gasteiger partial charge in [0.1, 0.15) is 18.0 Å². The fourth-order valence-electron chi connectivity index (χ4n) is 7.39. The number of rotatable bonds is 6. The van der Waals surface area contributed by atoms with Gasteiger partial charge in [-0.2, -0.15) is 0 Å². The van der Waals surface area contributed by atoms with Crippen LogP contribution in [-0.2, 0) is 21.3 Å². The van der Waals surface area contributed by atoms with Crippen LogP contribution in [-0.4, -0.2) is 77.2 Å². The number of nitrogens with zero attached hydrogens (tertiary/aromatic N) is 2. The Labute approximate surface area is 255 Å². The Hall–Kier alpha value is -2.19. The summed E-state index contributed by atoms with van der Waals surface area (Å²) < 4.78 is 16.2. The number of benzene rings is 2. The summed E-state index contributed by atoms with van der Waals surface area (Å²) in [5, 5.41) is 0.